The van der Waals surface area contributed by atoms with Gasteiger partial charge in [-0.25, -0.2) is 0 Å². The Morgan fingerprint density at radius 2 is 2.13 bits per heavy atom. The summed E-state index contributed by atoms with van der Waals surface area (Å²) in [6.45, 7) is 1.81. The van der Waals surface area contributed by atoms with E-state index in [1.165, 1.54) is 0 Å². The number of anilines is 2. The summed E-state index contributed by atoms with van der Waals surface area (Å²) in [5, 5.41) is 12.6. The lowest BCUT2D eigenvalue weighted by molar-refractivity contribution is -0.121. The third-order valence-electron chi connectivity index (χ3n) is 3.16. The Balaban J connectivity index is 1.95. The molecule has 0 radical (unpaired) electrons. The summed E-state index contributed by atoms with van der Waals surface area (Å²) >= 11 is 1.57. The quantitative estimate of drug-likeness (QED) is 0.620. The zero-order chi connectivity index (χ0) is 10.3. The number of hydrogen-bond acceptors (Lipinski definition) is 4. The lowest BCUT2D eigenvalue weighted by Crippen LogP contribution is -2.57. The molecule has 3 heterocycles. The second-order valence-corrected chi connectivity index (χ2v) is 4.99. The Kier molecular flexibility index (Phi) is 1.97. The molecular weight excluding hydrogens is 210 g/mol. The average Bonchev–Trinajstić information content (AvgIpc) is 2.67. The van der Waals surface area contributed by atoms with Gasteiger partial charge in [0.1, 0.15) is 10.5 Å². The monoisotopic (exact) mass is 223 g/mol. The van der Waals surface area contributed by atoms with E-state index in [1.807, 2.05) is 11.4 Å². The van der Waals surface area contributed by atoms with Crippen LogP contribution in [0.2, 0.25) is 0 Å². The Morgan fingerprint density at radius 1 is 1.33 bits per heavy atom. The molecule has 0 atom stereocenters. The second kappa shape index (κ2) is 3.21. The molecule has 2 aliphatic rings. The van der Waals surface area contributed by atoms with Crippen LogP contribution in [0.25, 0.3) is 0 Å². The fraction of sp³-hybridized carbons (Fsp3) is 0.500. The molecule has 4 nitrogen and oxygen atoms in total. The molecule has 0 unspecified atom stereocenters. The number of fused-ring (bicyclic) bond motifs is 1. The first kappa shape index (κ1) is 9.18. The SMILES string of the molecule is O=C1Nc2sccc2NC12CCNCC2. The number of rotatable bonds is 0. The van der Waals surface area contributed by atoms with Crippen LogP contribution in [0.1, 0.15) is 12.8 Å². The number of amides is 1. The van der Waals surface area contributed by atoms with Crippen LogP contribution in [-0.2, 0) is 4.79 Å². The van der Waals surface area contributed by atoms with Gasteiger partial charge in [-0.05, 0) is 37.4 Å². The van der Waals surface area contributed by atoms with Gasteiger partial charge in [0, 0.05) is 0 Å². The van der Waals surface area contributed by atoms with E-state index in [0.29, 0.717) is 0 Å². The van der Waals surface area contributed by atoms with E-state index in [2.05, 4.69) is 16.0 Å². The molecule has 1 spiro atoms. The van der Waals surface area contributed by atoms with Crippen LogP contribution in [0, 0.1) is 0 Å². The van der Waals surface area contributed by atoms with Gasteiger partial charge in [-0.1, -0.05) is 0 Å². The smallest absolute Gasteiger partial charge is 0.250 e. The third kappa shape index (κ3) is 1.34. The van der Waals surface area contributed by atoms with E-state index in [4.69, 9.17) is 0 Å². The maximum atomic E-state index is 12.0. The summed E-state index contributed by atoms with van der Waals surface area (Å²) in [5.41, 5.74) is 0.695. The minimum Gasteiger partial charge on any atom is -0.369 e. The van der Waals surface area contributed by atoms with Crippen LogP contribution in [0.15, 0.2) is 11.4 Å². The Hall–Kier alpha value is -1.07. The zero-order valence-corrected chi connectivity index (χ0v) is 9.12. The maximum Gasteiger partial charge on any atom is 0.250 e. The molecule has 2 aliphatic heterocycles. The van der Waals surface area contributed by atoms with Crippen LogP contribution in [-0.4, -0.2) is 24.5 Å². The predicted molar refractivity (Wildman–Crippen MR) is 61.4 cm³/mol. The number of thiophene rings is 1. The number of piperidine rings is 1. The largest absolute Gasteiger partial charge is 0.369 e. The van der Waals surface area contributed by atoms with Crippen molar-refractivity contribution in [2.75, 3.05) is 23.7 Å². The van der Waals surface area contributed by atoms with E-state index in [1.54, 1.807) is 11.3 Å². The first-order chi connectivity index (χ1) is 7.30. The van der Waals surface area contributed by atoms with Crippen molar-refractivity contribution < 1.29 is 4.79 Å². The van der Waals surface area contributed by atoms with Crippen molar-refractivity contribution in [1.29, 1.82) is 0 Å². The Morgan fingerprint density at radius 3 is 2.93 bits per heavy atom. The van der Waals surface area contributed by atoms with E-state index >= 15 is 0 Å². The van der Waals surface area contributed by atoms with E-state index < -0.39 is 0 Å². The van der Waals surface area contributed by atoms with Crippen molar-refractivity contribution in [2.24, 2.45) is 0 Å². The van der Waals surface area contributed by atoms with Gasteiger partial charge in [-0.2, -0.15) is 0 Å². The summed E-state index contributed by atoms with van der Waals surface area (Å²) in [6.07, 6.45) is 1.71. The van der Waals surface area contributed by atoms with Crippen molar-refractivity contribution >= 4 is 27.9 Å². The van der Waals surface area contributed by atoms with Crippen molar-refractivity contribution in [2.45, 2.75) is 18.4 Å². The number of nitrogens with one attached hydrogen (secondary N) is 3. The minimum absolute atomic E-state index is 0.124. The zero-order valence-electron chi connectivity index (χ0n) is 8.30. The second-order valence-electron chi connectivity index (χ2n) is 4.07. The van der Waals surface area contributed by atoms with Gasteiger partial charge in [-0.3, -0.25) is 4.79 Å². The molecular formula is C10H13N3OS. The number of hydrogen-bond donors (Lipinski definition) is 3. The highest BCUT2D eigenvalue weighted by Crippen LogP contribution is 2.38. The molecule has 1 fully saturated rings. The van der Waals surface area contributed by atoms with Gasteiger partial charge in [-0.15, -0.1) is 11.3 Å². The van der Waals surface area contributed by atoms with Gasteiger partial charge in [0.15, 0.2) is 0 Å². The standard InChI is InChI=1S/C10H13N3OS/c14-9-10(2-4-11-5-3-10)13-7-1-6-15-8(7)12-9/h1,6,11,13H,2-5H2,(H,12,14). The minimum atomic E-state index is -0.376. The molecule has 5 heteroatoms. The summed E-state index contributed by atoms with van der Waals surface area (Å²) in [4.78, 5) is 12.0. The van der Waals surface area contributed by atoms with Crippen molar-refractivity contribution in [3.8, 4) is 0 Å². The van der Waals surface area contributed by atoms with Crippen LogP contribution in [0.3, 0.4) is 0 Å². The number of carbonyl (C=O) groups is 1. The Labute approximate surface area is 92.1 Å². The molecule has 3 rings (SSSR count). The van der Waals surface area contributed by atoms with Crippen LogP contribution >= 0.6 is 11.3 Å². The predicted octanol–water partition coefficient (Wildman–Crippen LogP) is 1.23. The molecule has 80 valence electrons. The summed E-state index contributed by atoms with van der Waals surface area (Å²) in [7, 11) is 0. The molecule has 1 aromatic rings. The Bertz CT molecular complexity index is 395. The molecule has 0 bridgehead atoms. The van der Waals surface area contributed by atoms with Crippen molar-refractivity contribution in [1.82, 2.24) is 5.32 Å². The first-order valence-electron chi connectivity index (χ1n) is 5.18. The van der Waals surface area contributed by atoms with Crippen LogP contribution in [0.4, 0.5) is 10.7 Å². The highest BCUT2D eigenvalue weighted by Gasteiger charge is 2.42. The molecule has 3 N–H and O–H groups in total. The molecule has 1 saturated heterocycles. The normalized spacial score (nSPS) is 23.1. The average molecular weight is 223 g/mol. The lowest BCUT2D eigenvalue weighted by atomic mass is 9.86. The fourth-order valence-electron chi connectivity index (χ4n) is 2.25. The van der Waals surface area contributed by atoms with Crippen molar-refractivity contribution in [3.63, 3.8) is 0 Å². The summed E-state index contributed by atoms with van der Waals surface area (Å²) < 4.78 is 0. The number of carbonyl (C=O) groups excluding carboxylic acids is 1. The van der Waals surface area contributed by atoms with E-state index in [0.717, 1.165) is 36.6 Å². The summed E-state index contributed by atoms with van der Waals surface area (Å²) in [6, 6.07) is 2.03. The summed E-state index contributed by atoms with van der Waals surface area (Å²) in [5.74, 6) is 0.124. The molecule has 1 amide bonds. The van der Waals surface area contributed by atoms with Gasteiger partial charge in [0.05, 0.1) is 5.69 Å². The highest BCUT2D eigenvalue weighted by atomic mass is 32.1. The van der Waals surface area contributed by atoms with Crippen LogP contribution in [0.5, 0.6) is 0 Å². The van der Waals surface area contributed by atoms with Crippen LogP contribution < -0.4 is 16.0 Å². The molecule has 1 aromatic heterocycles. The molecule has 0 saturated carbocycles. The van der Waals surface area contributed by atoms with E-state index in [-0.39, 0.29) is 11.4 Å². The highest BCUT2D eigenvalue weighted by molar-refractivity contribution is 7.15. The molecule has 15 heavy (non-hydrogen) atoms. The fourth-order valence-corrected chi connectivity index (χ4v) is 2.99. The lowest BCUT2D eigenvalue weighted by Gasteiger charge is -2.40. The third-order valence-corrected chi connectivity index (χ3v) is 3.99. The maximum absolute atomic E-state index is 12.0. The van der Waals surface area contributed by atoms with Gasteiger partial charge in [0.25, 0.3) is 5.91 Å². The topological polar surface area (TPSA) is 53.2 Å². The van der Waals surface area contributed by atoms with Gasteiger partial charge in [0.2, 0.25) is 0 Å². The van der Waals surface area contributed by atoms with Gasteiger partial charge < -0.3 is 16.0 Å². The molecule has 0 aliphatic carbocycles. The molecule has 0 aromatic carbocycles. The van der Waals surface area contributed by atoms with E-state index in [9.17, 15) is 4.79 Å². The first-order valence-corrected chi connectivity index (χ1v) is 6.06. The van der Waals surface area contributed by atoms with Gasteiger partial charge >= 0.3 is 0 Å². The van der Waals surface area contributed by atoms with Crippen molar-refractivity contribution in [3.05, 3.63) is 11.4 Å².